The second-order valence-corrected chi connectivity index (χ2v) is 11.1. The van der Waals surface area contributed by atoms with Crippen LogP contribution in [0.5, 0.6) is 11.5 Å². The largest absolute Gasteiger partial charge is 0.493 e. The van der Waals surface area contributed by atoms with Crippen LogP contribution in [0.3, 0.4) is 0 Å². The Morgan fingerprint density at radius 1 is 1.05 bits per heavy atom. The van der Waals surface area contributed by atoms with E-state index in [0.717, 1.165) is 39.6 Å². The highest BCUT2D eigenvalue weighted by Crippen LogP contribution is 2.37. The van der Waals surface area contributed by atoms with Gasteiger partial charge in [-0.05, 0) is 71.3 Å². The number of carboxylic acid groups (broad SMARTS) is 1. The van der Waals surface area contributed by atoms with E-state index < -0.39 is 18.4 Å². The highest BCUT2D eigenvalue weighted by atomic mass is 79.9. The van der Waals surface area contributed by atoms with Crippen LogP contribution < -0.4 is 25.8 Å². The van der Waals surface area contributed by atoms with Crippen LogP contribution >= 0.6 is 27.5 Å². The Balaban J connectivity index is 1.46. The van der Waals surface area contributed by atoms with E-state index in [-0.39, 0.29) is 6.54 Å². The second kappa shape index (κ2) is 14.8. The van der Waals surface area contributed by atoms with Crippen molar-refractivity contribution in [1.29, 1.82) is 0 Å². The zero-order chi connectivity index (χ0) is 28.5. The molecule has 0 heterocycles. The fraction of sp³-hybridized carbons (Fsp3) is 0.367. The lowest BCUT2D eigenvalue weighted by atomic mass is 10.0. The molecule has 0 spiro atoms. The third-order valence-electron chi connectivity index (χ3n) is 6.69. The van der Waals surface area contributed by atoms with Crippen molar-refractivity contribution in [2.45, 2.75) is 51.2 Å². The highest BCUT2D eigenvalue weighted by Gasteiger charge is 2.24. The number of aliphatic hydroxyl groups excluding tert-OH is 1. The zero-order valence-corrected chi connectivity index (χ0v) is 24.5. The number of benzene rings is 3. The fourth-order valence-electron chi connectivity index (χ4n) is 4.24. The number of carboxylic acids is 1. The number of nitrogens with one attached hydrogen (secondary N) is 2. The van der Waals surface area contributed by atoms with Crippen molar-refractivity contribution >= 4 is 33.5 Å². The van der Waals surface area contributed by atoms with Gasteiger partial charge in [0.15, 0.2) is 6.35 Å². The first-order valence-corrected chi connectivity index (χ1v) is 14.5. The van der Waals surface area contributed by atoms with Gasteiger partial charge in [-0.2, -0.15) is 0 Å². The van der Waals surface area contributed by atoms with Crippen molar-refractivity contribution in [2.75, 3.05) is 13.2 Å². The molecule has 1 fully saturated rings. The third kappa shape index (κ3) is 8.92. The molecule has 0 saturated heterocycles. The quantitative estimate of drug-likeness (QED) is 0.107. The van der Waals surface area contributed by atoms with E-state index in [1.54, 1.807) is 12.1 Å². The molecular weight excluding hydrogens is 598 g/mol. The maximum atomic E-state index is 11.8. The lowest BCUT2D eigenvalue weighted by Gasteiger charge is -2.19. The number of nitrogens with two attached hydrogens (primary N) is 1. The van der Waals surface area contributed by atoms with E-state index in [1.807, 2.05) is 30.3 Å². The molecule has 10 heteroatoms. The van der Waals surface area contributed by atoms with Crippen LogP contribution in [0.25, 0.3) is 11.1 Å². The zero-order valence-electron chi connectivity index (χ0n) is 22.1. The number of carbonyl (C=O) groups is 1. The number of aliphatic hydroxyl groups is 1. The highest BCUT2D eigenvalue weighted by molar-refractivity contribution is 9.10. The molecule has 214 valence electrons. The van der Waals surface area contributed by atoms with Crippen molar-refractivity contribution in [2.24, 2.45) is 11.7 Å². The van der Waals surface area contributed by atoms with Gasteiger partial charge in [0.1, 0.15) is 24.1 Å². The predicted octanol–water partition coefficient (Wildman–Crippen LogP) is 5.28. The second-order valence-electron chi connectivity index (χ2n) is 9.89. The molecule has 0 amide bonds. The van der Waals surface area contributed by atoms with Gasteiger partial charge >= 0.3 is 5.97 Å². The molecule has 0 aliphatic heterocycles. The maximum absolute atomic E-state index is 11.8. The summed E-state index contributed by atoms with van der Waals surface area (Å²) in [4.78, 5) is 11.8. The molecule has 1 aliphatic rings. The Morgan fingerprint density at radius 2 is 1.82 bits per heavy atom. The van der Waals surface area contributed by atoms with Crippen LogP contribution in [0.15, 0.2) is 65.1 Å². The molecule has 8 nitrogen and oxygen atoms in total. The standard InChI is InChI=1S/C30H35BrClN3O5/c31-28-21(8-4-9-23(28)20-6-2-1-3-7-20)18-40-27-15-26(39-17-19-11-12-19)22(14-24(27)32)16-35-25(29(36)37)10-5-13-34-30(33)38/h1-4,6-9,14-15,19,25,30,34-35,38H,5,10-13,16-18,33H2,(H,36,37)/t25-,30?/m0/s1. The Labute approximate surface area is 248 Å². The van der Waals surface area contributed by atoms with E-state index in [4.69, 9.17) is 31.9 Å². The van der Waals surface area contributed by atoms with Crippen molar-refractivity contribution < 1.29 is 24.5 Å². The molecule has 1 aliphatic carbocycles. The molecule has 0 bridgehead atoms. The predicted molar refractivity (Wildman–Crippen MR) is 159 cm³/mol. The molecule has 0 aromatic heterocycles. The van der Waals surface area contributed by atoms with Gasteiger partial charge in [0.05, 0.1) is 11.6 Å². The molecule has 0 radical (unpaired) electrons. The molecular formula is C30H35BrClN3O5. The Hall–Kier alpha value is -2.66. The smallest absolute Gasteiger partial charge is 0.320 e. The van der Waals surface area contributed by atoms with Gasteiger partial charge in [0.25, 0.3) is 0 Å². The summed E-state index contributed by atoms with van der Waals surface area (Å²) >= 11 is 10.4. The van der Waals surface area contributed by atoms with Gasteiger partial charge in [-0.1, -0.05) is 60.1 Å². The summed E-state index contributed by atoms with van der Waals surface area (Å²) in [5.41, 5.74) is 9.18. The first kappa shape index (κ1) is 30.3. The van der Waals surface area contributed by atoms with Gasteiger partial charge in [0.2, 0.25) is 0 Å². The van der Waals surface area contributed by atoms with Crippen molar-refractivity contribution in [3.05, 3.63) is 81.3 Å². The summed E-state index contributed by atoms with van der Waals surface area (Å²) in [6.45, 7) is 1.55. The van der Waals surface area contributed by atoms with Crippen LogP contribution in [-0.4, -0.2) is 41.7 Å². The van der Waals surface area contributed by atoms with E-state index in [2.05, 4.69) is 44.8 Å². The van der Waals surface area contributed by atoms with E-state index in [0.29, 0.717) is 55.0 Å². The third-order valence-corrected chi connectivity index (χ3v) is 7.93. The van der Waals surface area contributed by atoms with Gasteiger partial charge in [-0.25, -0.2) is 0 Å². The Bertz CT molecular complexity index is 1270. The topological polar surface area (TPSA) is 126 Å². The minimum atomic E-state index is -1.13. The number of ether oxygens (including phenoxy) is 2. The number of aliphatic carboxylic acids is 1. The van der Waals surface area contributed by atoms with E-state index >= 15 is 0 Å². The average molecular weight is 633 g/mol. The number of hydrogen-bond donors (Lipinski definition) is 5. The number of hydrogen-bond acceptors (Lipinski definition) is 7. The molecule has 3 aromatic rings. The van der Waals surface area contributed by atoms with Crippen LogP contribution in [0.2, 0.25) is 5.02 Å². The maximum Gasteiger partial charge on any atom is 0.320 e. The molecule has 1 saturated carbocycles. The molecule has 1 unspecified atom stereocenters. The van der Waals surface area contributed by atoms with Crippen LogP contribution in [0.4, 0.5) is 0 Å². The van der Waals surface area contributed by atoms with Crippen LogP contribution in [-0.2, 0) is 17.9 Å². The minimum absolute atomic E-state index is 0.259. The molecule has 3 aromatic carbocycles. The lowest BCUT2D eigenvalue weighted by molar-refractivity contribution is -0.139. The number of rotatable bonds is 16. The lowest BCUT2D eigenvalue weighted by Crippen LogP contribution is -2.39. The van der Waals surface area contributed by atoms with Gasteiger partial charge in [0, 0.05) is 28.2 Å². The number of halogens is 2. The summed E-state index contributed by atoms with van der Waals surface area (Å²) in [5, 5.41) is 25.0. The summed E-state index contributed by atoms with van der Waals surface area (Å²) in [5.74, 6) is 0.695. The van der Waals surface area contributed by atoms with Crippen molar-refractivity contribution in [3.63, 3.8) is 0 Å². The van der Waals surface area contributed by atoms with E-state index in [1.165, 1.54) is 0 Å². The Kier molecular flexibility index (Phi) is 11.2. The molecule has 2 atom stereocenters. The van der Waals surface area contributed by atoms with Crippen molar-refractivity contribution in [3.8, 4) is 22.6 Å². The minimum Gasteiger partial charge on any atom is -0.493 e. The van der Waals surface area contributed by atoms with Gasteiger partial charge in [-0.15, -0.1) is 0 Å². The van der Waals surface area contributed by atoms with E-state index in [9.17, 15) is 9.90 Å². The average Bonchev–Trinajstić information content (AvgIpc) is 3.77. The molecule has 6 N–H and O–H groups in total. The Morgan fingerprint density at radius 3 is 2.52 bits per heavy atom. The van der Waals surface area contributed by atoms with Crippen LogP contribution in [0, 0.1) is 5.92 Å². The summed E-state index contributed by atoms with van der Waals surface area (Å²) in [6.07, 6.45) is 2.04. The summed E-state index contributed by atoms with van der Waals surface area (Å²) in [6, 6.07) is 19.0. The van der Waals surface area contributed by atoms with Crippen LogP contribution in [0.1, 0.15) is 36.8 Å². The first-order valence-electron chi connectivity index (χ1n) is 13.4. The van der Waals surface area contributed by atoms with Gasteiger partial charge < -0.3 is 25.0 Å². The van der Waals surface area contributed by atoms with Crippen molar-refractivity contribution in [1.82, 2.24) is 10.6 Å². The fourth-order valence-corrected chi connectivity index (χ4v) is 5.09. The SMILES string of the molecule is NC(O)NCCC[C@H](NCc1cc(Cl)c(OCc2cccc(-c3ccccc3)c2Br)cc1OCC1CC1)C(=O)O. The summed E-state index contributed by atoms with van der Waals surface area (Å²) in [7, 11) is 0. The molecule has 4 rings (SSSR count). The summed E-state index contributed by atoms with van der Waals surface area (Å²) < 4.78 is 13.3. The van der Waals surface area contributed by atoms with Gasteiger partial charge in [-0.3, -0.25) is 15.8 Å². The monoisotopic (exact) mass is 631 g/mol. The first-order chi connectivity index (χ1) is 19.3. The molecule has 40 heavy (non-hydrogen) atoms. The normalized spacial score (nSPS) is 14.5.